The molecule has 6 heteroatoms. The number of nitrogens with zero attached hydrogens (tertiary/aromatic N) is 1. The zero-order chi connectivity index (χ0) is 11.4. The first kappa shape index (κ1) is 11.4. The summed E-state index contributed by atoms with van der Waals surface area (Å²) < 4.78 is 0. The molecule has 80 valence electrons. The van der Waals surface area contributed by atoms with Gasteiger partial charge in [0.15, 0.2) is 0 Å². The SMILES string of the molecule is CC(NC(=O)c1ccncc1O)C(N)=S. The molecule has 0 fully saturated rings. The predicted octanol–water partition coefficient (Wildman–Crippen LogP) is 0.192. The van der Waals surface area contributed by atoms with Crippen LogP contribution < -0.4 is 11.1 Å². The minimum absolute atomic E-state index is 0.146. The molecule has 15 heavy (non-hydrogen) atoms. The van der Waals surface area contributed by atoms with E-state index in [0.29, 0.717) is 0 Å². The van der Waals surface area contributed by atoms with E-state index in [1.807, 2.05) is 0 Å². The Balaban J connectivity index is 2.78. The smallest absolute Gasteiger partial charge is 0.255 e. The Hall–Kier alpha value is -1.69. The highest BCUT2D eigenvalue weighted by Gasteiger charge is 2.14. The first-order valence-corrected chi connectivity index (χ1v) is 4.66. The van der Waals surface area contributed by atoms with Gasteiger partial charge in [-0.2, -0.15) is 0 Å². The van der Waals surface area contributed by atoms with Gasteiger partial charge in [-0.15, -0.1) is 0 Å². The topological polar surface area (TPSA) is 88.2 Å². The van der Waals surface area contributed by atoms with E-state index in [2.05, 4.69) is 10.3 Å². The van der Waals surface area contributed by atoms with Crippen molar-refractivity contribution in [3.63, 3.8) is 0 Å². The predicted molar refractivity (Wildman–Crippen MR) is 59.6 cm³/mol. The van der Waals surface area contributed by atoms with Crippen molar-refractivity contribution in [1.29, 1.82) is 0 Å². The molecule has 0 aromatic carbocycles. The number of amides is 1. The maximum Gasteiger partial charge on any atom is 0.255 e. The normalized spacial score (nSPS) is 11.8. The molecule has 1 aromatic rings. The van der Waals surface area contributed by atoms with Crippen molar-refractivity contribution in [3.8, 4) is 5.75 Å². The summed E-state index contributed by atoms with van der Waals surface area (Å²) in [4.78, 5) is 15.4. The third-order valence-corrected chi connectivity index (χ3v) is 2.17. The van der Waals surface area contributed by atoms with Crippen LogP contribution in [-0.2, 0) is 0 Å². The van der Waals surface area contributed by atoms with E-state index in [-0.39, 0.29) is 16.3 Å². The van der Waals surface area contributed by atoms with Gasteiger partial charge >= 0.3 is 0 Å². The maximum atomic E-state index is 11.6. The van der Waals surface area contributed by atoms with Crippen LogP contribution in [0.4, 0.5) is 0 Å². The molecule has 0 aliphatic rings. The third-order valence-electron chi connectivity index (χ3n) is 1.82. The monoisotopic (exact) mass is 225 g/mol. The second-order valence-electron chi connectivity index (χ2n) is 2.99. The summed E-state index contributed by atoms with van der Waals surface area (Å²) in [5.41, 5.74) is 5.49. The number of aromatic nitrogens is 1. The van der Waals surface area contributed by atoms with Crippen LogP contribution in [0, 0.1) is 0 Å². The zero-order valence-corrected chi connectivity index (χ0v) is 8.91. The van der Waals surface area contributed by atoms with Gasteiger partial charge in [-0.05, 0) is 13.0 Å². The summed E-state index contributed by atoms with van der Waals surface area (Å²) in [6, 6.07) is 0.997. The number of hydrogen-bond donors (Lipinski definition) is 3. The van der Waals surface area contributed by atoms with Crippen LogP contribution in [0.3, 0.4) is 0 Å². The molecule has 4 N–H and O–H groups in total. The fourth-order valence-corrected chi connectivity index (χ4v) is 0.983. The molecular formula is C9H11N3O2S. The molecule has 0 radical (unpaired) electrons. The van der Waals surface area contributed by atoms with Crippen LogP contribution in [0.15, 0.2) is 18.5 Å². The Kier molecular flexibility index (Phi) is 3.56. The summed E-state index contributed by atoms with van der Waals surface area (Å²) >= 11 is 4.71. The number of carbonyl (C=O) groups is 1. The molecule has 0 saturated heterocycles. The lowest BCUT2D eigenvalue weighted by Gasteiger charge is -2.12. The number of pyridine rings is 1. The van der Waals surface area contributed by atoms with Gasteiger partial charge in [-0.1, -0.05) is 12.2 Å². The lowest BCUT2D eigenvalue weighted by atomic mass is 10.2. The Morgan fingerprint density at radius 3 is 2.93 bits per heavy atom. The van der Waals surface area contributed by atoms with Gasteiger partial charge < -0.3 is 16.2 Å². The standard InChI is InChI=1S/C9H11N3O2S/c1-5(8(10)15)12-9(14)6-2-3-11-4-7(6)13/h2-5,13H,1H3,(H2,10,15)(H,12,14). The fourth-order valence-electron chi connectivity index (χ4n) is 0.924. The highest BCUT2D eigenvalue weighted by molar-refractivity contribution is 7.80. The molecule has 1 aromatic heterocycles. The molecule has 0 spiro atoms. The lowest BCUT2D eigenvalue weighted by Crippen LogP contribution is -2.41. The van der Waals surface area contributed by atoms with E-state index in [1.54, 1.807) is 6.92 Å². The molecule has 0 aliphatic carbocycles. The first-order valence-electron chi connectivity index (χ1n) is 4.25. The van der Waals surface area contributed by atoms with E-state index in [0.717, 1.165) is 0 Å². The molecule has 0 bridgehead atoms. The van der Waals surface area contributed by atoms with Gasteiger partial charge in [0.2, 0.25) is 0 Å². The summed E-state index contributed by atoms with van der Waals surface area (Å²) in [7, 11) is 0. The van der Waals surface area contributed by atoms with Crippen molar-refractivity contribution in [2.45, 2.75) is 13.0 Å². The lowest BCUT2D eigenvalue weighted by molar-refractivity contribution is 0.0946. The van der Waals surface area contributed by atoms with E-state index < -0.39 is 11.9 Å². The molecule has 1 atom stereocenters. The average Bonchev–Trinajstić information content (AvgIpc) is 2.18. The van der Waals surface area contributed by atoms with E-state index >= 15 is 0 Å². The number of thiocarbonyl (C=S) groups is 1. The van der Waals surface area contributed by atoms with E-state index in [1.165, 1.54) is 18.5 Å². The van der Waals surface area contributed by atoms with Crippen molar-refractivity contribution < 1.29 is 9.90 Å². The largest absolute Gasteiger partial charge is 0.505 e. The zero-order valence-electron chi connectivity index (χ0n) is 8.10. The quantitative estimate of drug-likeness (QED) is 0.639. The van der Waals surface area contributed by atoms with Gasteiger partial charge in [-0.3, -0.25) is 9.78 Å². The van der Waals surface area contributed by atoms with Crippen LogP contribution in [0.2, 0.25) is 0 Å². The molecule has 1 heterocycles. The summed E-state index contributed by atoms with van der Waals surface area (Å²) in [5, 5.41) is 11.9. The minimum atomic E-state index is -0.435. The molecule has 1 rings (SSSR count). The third kappa shape index (κ3) is 2.88. The van der Waals surface area contributed by atoms with Crippen molar-refractivity contribution in [1.82, 2.24) is 10.3 Å². The molecular weight excluding hydrogens is 214 g/mol. The number of hydrogen-bond acceptors (Lipinski definition) is 4. The van der Waals surface area contributed by atoms with Crippen LogP contribution in [-0.4, -0.2) is 27.0 Å². The summed E-state index contributed by atoms with van der Waals surface area (Å²) in [6.45, 7) is 1.67. The van der Waals surface area contributed by atoms with E-state index in [9.17, 15) is 9.90 Å². The van der Waals surface area contributed by atoms with Crippen LogP contribution in [0.5, 0.6) is 5.75 Å². The van der Waals surface area contributed by atoms with Crippen LogP contribution in [0.25, 0.3) is 0 Å². The van der Waals surface area contributed by atoms with Crippen molar-refractivity contribution >= 4 is 23.1 Å². The van der Waals surface area contributed by atoms with Gasteiger partial charge in [0, 0.05) is 6.20 Å². The van der Waals surface area contributed by atoms with Crippen molar-refractivity contribution in [3.05, 3.63) is 24.0 Å². The Bertz CT molecular complexity index is 395. The molecule has 5 nitrogen and oxygen atoms in total. The fraction of sp³-hybridized carbons (Fsp3) is 0.222. The summed E-state index contributed by atoms with van der Waals surface area (Å²) in [5.74, 6) is -0.611. The molecule has 1 unspecified atom stereocenters. The average molecular weight is 225 g/mol. The number of carbonyl (C=O) groups excluding carboxylic acids is 1. The number of aromatic hydroxyl groups is 1. The Morgan fingerprint density at radius 1 is 1.73 bits per heavy atom. The van der Waals surface area contributed by atoms with Crippen LogP contribution >= 0.6 is 12.2 Å². The summed E-state index contributed by atoms with van der Waals surface area (Å²) in [6.07, 6.45) is 2.61. The van der Waals surface area contributed by atoms with Crippen LogP contribution in [0.1, 0.15) is 17.3 Å². The second-order valence-corrected chi connectivity index (χ2v) is 3.46. The number of nitrogens with two attached hydrogens (primary N) is 1. The molecule has 1 amide bonds. The Morgan fingerprint density at radius 2 is 2.40 bits per heavy atom. The van der Waals surface area contributed by atoms with Crippen molar-refractivity contribution in [2.24, 2.45) is 5.73 Å². The first-order chi connectivity index (χ1) is 7.02. The van der Waals surface area contributed by atoms with Gasteiger partial charge in [0.1, 0.15) is 5.75 Å². The minimum Gasteiger partial charge on any atom is -0.505 e. The van der Waals surface area contributed by atoms with Gasteiger partial charge in [-0.25, -0.2) is 0 Å². The van der Waals surface area contributed by atoms with Crippen molar-refractivity contribution in [2.75, 3.05) is 0 Å². The molecule has 0 saturated carbocycles. The number of nitrogens with one attached hydrogen (secondary N) is 1. The second kappa shape index (κ2) is 4.70. The van der Waals surface area contributed by atoms with E-state index in [4.69, 9.17) is 18.0 Å². The highest BCUT2D eigenvalue weighted by Crippen LogP contribution is 2.13. The Labute approximate surface area is 92.3 Å². The van der Waals surface area contributed by atoms with Gasteiger partial charge in [0.25, 0.3) is 5.91 Å². The molecule has 0 aliphatic heterocycles. The number of rotatable bonds is 3. The highest BCUT2D eigenvalue weighted by atomic mass is 32.1. The van der Waals surface area contributed by atoms with Gasteiger partial charge in [0.05, 0.1) is 22.8 Å². The maximum absolute atomic E-state index is 11.6.